The molecule has 68 heavy (non-hydrogen) atoms. The predicted molar refractivity (Wildman–Crippen MR) is 255 cm³/mol. The van der Waals surface area contributed by atoms with E-state index in [4.69, 9.17) is 4.33 Å². The largest absolute Gasteiger partial charge is 0.748 e. The zero-order chi connectivity index (χ0) is 49.9. The van der Waals surface area contributed by atoms with Crippen LogP contribution in [0.2, 0.25) is 0 Å². The van der Waals surface area contributed by atoms with Gasteiger partial charge in [0, 0.05) is 82.6 Å². The molecule has 2 aliphatic heterocycles. The molecule has 0 N–H and O–H groups in total. The average Bonchev–Trinajstić information content (AvgIpc) is 3.60. The van der Waals surface area contributed by atoms with E-state index >= 15 is 0 Å². The zero-order valence-electron chi connectivity index (χ0n) is 40.4. The fraction of sp³-hybridized carbons (Fsp3) is 0.809. The van der Waals surface area contributed by atoms with Crippen molar-refractivity contribution in [2.75, 3.05) is 19.3 Å². The number of nitrogens with zero attached hydrogens (tertiary/aromatic N) is 2. The van der Waals surface area contributed by atoms with Crippen LogP contribution in [0.5, 0.6) is 0 Å². The van der Waals surface area contributed by atoms with Crippen LogP contribution in [0.1, 0.15) is 138 Å². The number of allylic oxidation sites excluding steroid dienone is 7. The maximum absolute atomic E-state index is 14.0. The summed E-state index contributed by atoms with van der Waals surface area (Å²) in [5.41, 5.74) is 2.27. The number of likely N-dealkylation sites (tertiary alicyclic amines) is 1. The summed E-state index contributed by atoms with van der Waals surface area (Å²) in [6, 6.07) is 0.0531. The normalized spacial score (nSPS) is 35.4. The zero-order valence-corrected chi connectivity index (χ0v) is 44.5. The lowest BCUT2D eigenvalue weighted by Crippen LogP contribution is -2.48. The minimum atomic E-state index is -4.55. The number of sulfone groups is 1. The smallest absolute Gasteiger partial charge is 0.182 e. The summed E-state index contributed by atoms with van der Waals surface area (Å²) in [5.74, 6) is 1.13. The van der Waals surface area contributed by atoms with Gasteiger partial charge < -0.3 is 23.8 Å². The Morgan fingerprint density at radius 1 is 0.765 bits per heavy atom. The van der Waals surface area contributed by atoms with Crippen LogP contribution in [-0.2, 0) is 49.6 Å². The van der Waals surface area contributed by atoms with Gasteiger partial charge in [0.25, 0.3) is 0 Å². The highest BCUT2D eigenvalue weighted by Crippen LogP contribution is 2.60. The summed E-state index contributed by atoms with van der Waals surface area (Å²) < 4.78 is 144. The molecule has 7 rings (SSSR count). The molecule has 21 heteroatoms. The summed E-state index contributed by atoms with van der Waals surface area (Å²) in [6.45, 7) is 12.2. The molecule has 386 valence electrons. The predicted octanol–water partition coefficient (Wildman–Crippen LogP) is 5.86. The van der Waals surface area contributed by atoms with Crippen LogP contribution in [0.4, 0.5) is 0 Å². The van der Waals surface area contributed by atoms with Crippen LogP contribution < -0.4 is 5.26 Å². The summed E-state index contributed by atoms with van der Waals surface area (Å²) in [7, 11) is -17.3. The van der Waals surface area contributed by atoms with E-state index in [1.165, 1.54) is 20.1 Å². The SMILES string of the molecule is CC(CCN1/C(=C/C=C2\CCCC(/C=C/C3=[N+](CCC(C)S(=O)(=O)[O-])C4CCC5CC(SOO[O-])CCC5C4C3(C)C)=C2S(C)(=O)=O)C(C)(C)C2C3CCC(S(=O)(=O)[O-])CC3CCC21)S(=O)(=O)[O-]. The summed E-state index contributed by atoms with van der Waals surface area (Å²) in [4.78, 5) is 2.45. The van der Waals surface area contributed by atoms with Crippen LogP contribution in [0, 0.1) is 46.3 Å². The molecule has 12 unspecified atom stereocenters. The Bertz CT molecular complexity index is 2530. The molecule has 12 atom stereocenters. The van der Waals surface area contributed by atoms with E-state index in [1.54, 1.807) is 0 Å². The van der Waals surface area contributed by atoms with Crippen LogP contribution in [0.3, 0.4) is 0 Å². The van der Waals surface area contributed by atoms with E-state index in [0.29, 0.717) is 74.5 Å². The van der Waals surface area contributed by atoms with Crippen LogP contribution in [0.15, 0.2) is 46.1 Å². The van der Waals surface area contributed by atoms with Gasteiger partial charge in [-0.15, -0.1) is 0 Å². The van der Waals surface area contributed by atoms with E-state index in [-0.39, 0.29) is 71.7 Å². The number of hydrogen-bond donors (Lipinski definition) is 0. The van der Waals surface area contributed by atoms with Crippen LogP contribution in [-0.4, -0.2) is 115 Å². The van der Waals surface area contributed by atoms with Gasteiger partial charge in [-0.3, -0.25) is 5.04 Å². The number of rotatable bonds is 16. The Kier molecular flexibility index (Phi) is 16.2. The first-order chi connectivity index (χ1) is 31.6. The lowest BCUT2D eigenvalue weighted by Gasteiger charge is -2.49. The van der Waals surface area contributed by atoms with E-state index in [2.05, 4.69) is 42.2 Å². The Balaban J connectivity index is 1.26. The van der Waals surface area contributed by atoms with Gasteiger partial charge in [-0.05, 0) is 158 Å². The van der Waals surface area contributed by atoms with Gasteiger partial charge in [0.05, 0.1) is 45.9 Å². The van der Waals surface area contributed by atoms with Crippen LogP contribution >= 0.6 is 12.0 Å². The molecule has 0 bridgehead atoms. The first kappa shape index (κ1) is 54.1. The molecule has 16 nitrogen and oxygen atoms in total. The second-order valence-electron chi connectivity index (χ2n) is 22.2. The van der Waals surface area contributed by atoms with Crippen molar-refractivity contribution in [2.45, 2.75) is 171 Å². The van der Waals surface area contributed by atoms with E-state index in [9.17, 15) is 52.6 Å². The molecule has 5 fully saturated rings. The van der Waals surface area contributed by atoms with E-state index < -0.39 is 66.8 Å². The first-order valence-corrected chi connectivity index (χ1v) is 31.6. The number of fused-ring (bicyclic) bond motifs is 6. The molecule has 0 aromatic rings. The molecule has 2 heterocycles. The van der Waals surface area contributed by atoms with E-state index in [1.807, 2.05) is 24.3 Å². The second-order valence-corrected chi connectivity index (χ2v) is 30.4. The molecule has 0 aromatic carbocycles. The highest BCUT2D eigenvalue weighted by molar-refractivity contribution is 7.95. The molecule has 7 aliphatic rings. The summed E-state index contributed by atoms with van der Waals surface area (Å²) in [6.07, 6.45) is 17.9. The van der Waals surface area contributed by atoms with Gasteiger partial charge in [0.2, 0.25) is 0 Å². The van der Waals surface area contributed by atoms with Gasteiger partial charge >= 0.3 is 0 Å². The molecule has 0 spiro atoms. The maximum Gasteiger partial charge on any atom is 0.182 e. The van der Waals surface area contributed by atoms with Gasteiger partial charge in [0.15, 0.2) is 21.6 Å². The molecule has 0 radical (unpaired) electrons. The second kappa shape index (κ2) is 20.3. The van der Waals surface area contributed by atoms with Crippen molar-refractivity contribution in [1.29, 1.82) is 0 Å². The fourth-order valence-electron chi connectivity index (χ4n) is 14.6. The average molecular weight is 1050 g/mol. The van der Waals surface area contributed by atoms with Gasteiger partial charge in [-0.25, -0.2) is 38.2 Å². The highest BCUT2D eigenvalue weighted by atomic mass is 32.2. The minimum Gasteiger partial charge on any atom is -0.748 e. The highest BCUT2D eigenvalue weighted by Gasteiger charge is 2.61. The summed E-state index contributed by atoms with van der Waals surface area (Å²) in [5, 5.41) is 11.2. The van der Waals surface area contributed by atoms with Crippen molar-refractivity contribution in [2.24, 2.45) is 46.3 Å². The molecule has 5 aliphatic carbocycles. The third-order valence-corrected chi connectivity index (χ3v) is 23.5. The minimum absolute atomic E-state index is 0.0283. The van der Waals surface area contributed by atoms with Crippen molar-refractivity contribution in [1.82, 2.24) is 4.90 Å². The third kappa shape index (κ3) is 11.1. The Labute approximate surface area is 409 Å². The Morgan fingerprint density at radius 2 is 1.40 bits per heavy atom. The molecular weight excluding hydrogens is 977 g/mol. The van der Waals surface area contributed by atoms with Crippen molar-refractivity contribution < 1.29 is 66.5 Å². The maximum atomic E-state index is 14.0. The first-order valence-electron chi connectivity index (χ1n) is 24.5. The van der Waals surface area contributed by atoms with Crippen molar-refractivity contribution in [3.05, 3.63) is 46.1 Å². The Hall–Kier alpha value is -1.66. The number of hydrogen-bond acceptors (Lipinski definition) is 16. The summed E-state index contributed by atoms with van der Waals surface area (Å²) >= 11 is 1.07. The molecule has 0 amide bonds. The van der Waals surface area contributed by atoms with Crippen molar-refractivity contribution >= 4 is 57.9 Å². The molecule has 1 saturated heterocycles. The van der Waals surface area contributed by atoms with Crippen molar-refractivity contribution in [3.63, 3.8) is 0 Å². The third-order valence-electron chi connectivity index (χ3n) is 17.7. The fourth-order valence-corrected chi connectivity index (χ4v) is 18.3. The molecular formula is C47H71N2O14S5-3. The van der Waals surface area contributed by atoms with Gasteiger partial charge in [0.1, 0.15) is 6.54 Å². The van der Waals surface area contributed by atoms with Gasteiger partial charge in [-0.2, -0.15) is 4.33 Å². The molecule has 0 aromatic heterocycles. The topological polar surface area (TPSA) is 254 Å². The quantitative estimate of drug-likeness (QED) is 0.0577. The van der Waals surface area contributed by atoms with Gasteiger partial charge in [-0.1, -0.05) is 26.0 Å². The lowest BCUT2D eigenvalue weighted by molar-refractivity contribution is -0.777. The standard InChI is InChI=1S/C47H74N2O14S5/c1-29(66(53,54)55)23-25-48-39-19-11-33-27-35(64-63-62-50)15-17-37(33)43(39)46(3,4)41(48)21-13-31-9-8-10-32(45(31)65(7,51)52)14-22-42-47(5,6)44-38-18-16-36(68(59,60)61)28-34(38)12-20-40(44)49(42)26-24-30(2)67(56,57)58/h13-14,21-22,29-30,33-40,43-44H,8-12,15-20,23-28H2,1-7H3,(H3-,50,53,54,55,56,57,58,59,60,61)/p-3. The Morgan fingerprint density at radius 3 is 2.04 bits per heavy atom. The molecule has 4 saturated carbocycles. The lowest BCUT2D eigenvalue weighted by atomic mass is 9.57. The van der Waals surface area contributed by atoms with Crippen LogP contribution in [0.25, 0.3) is 0 Å². The monoisotopic (exact) mass is 1050 g/mol. The van der Waals surface area contributed by atoms with Crippen molar-refractivity contribution in [3.8, 4) is 0 Å². The van der Waals surface area contributed by atoms with E-state index in [0.717, 1.165) is 55.6 Å².